The summed E-state index contributed by atoms with van der Waals surface area (Å²) in [6.45, 7) is 5.36. The van der Waals surface area contributed by atoms with Crippen molar-refractivity contribution in [2.24, 2.45) is 0 Å². The maximum Gasteiger partial charge on any atom is 0.131 e. The van der Waals surface area contributed by atoms with Crippen LogP contribution in [-0.2, 0) is 6.54 Å². The molecule has 0 amide bonds. The molecule has 0 aromatic carbocycles. The van der Waals surface area contributed by atoms with Crippen LogP contribution in [0.4, 0.5) is 0 Å². The van der Waals surface area contributed by atoms with Crippen LogP contribution in [-0.4, -0.2) is 16.5 Å². The summed E-state index contributed by atoms with van der Waals surface area (Å²) in [4.78, 5) is 0. The van der Waals surface area contributed by atoms with Crippen LogP contribution in [0.15, 0.2) is 21.2 Å². The molecule has 78 valence electrons. The van der Waals surface area contributed by atoms with E-state index in [1.807, 2.05) is 17.8 Å². The van der Waals surface area contributed by atoms with Gasteiger partial charge < -0.3 is 9.73 Å². The average Bonchev–Trinajstić information content (AvgIpc) is 2.50. The fraction of sp³-hybridized carbons (Fsp3) is 0.600. The van der Waals surface area contributed by atoms with Crippen molar-refractivity contribution in [2.75, 3.05) is 5.75 Å². The Morgan fingerprint density at radius 3 is 2.93 bits per heavy atom. The number of thioether (sulfide) groups is 1. The van der Waals surface area contributed by atoms with Gasteiger partial charge in [0.15, 0.2) is 0 Å². The SMILES string of the molecule is CC1(C)SCC1NCc1occc1Br. The minimum atomic E-state index is 0.374. The molecule has 1 atom stereocenters. The molecule has 1 saturated heterocycles. The molecule has 1 N–H and O–H groups in total. The lowest BCUT2D eigenvalue weighted by Crippen LogP contribution is -2.54. The van der Waals surface area contributed by atoms with Crippen molar-refractivity contribution in [1.29, 1.82) is 0 Å². The first kappa shape index (κ1) is 10.6. The van der Waals surface area contributed by atoms with Gasteiger partial charge in [-0.05, 0) is 35.8 Å². The first-order chi connectivity index (χ1) is 6.59. The zero-order valence-electron chi connectivity index (χ0n) is 8.34. The van der Waals surface area contributed by atoms with Crippen LogP contribution in [0, 0.1) is 0 Å². The molecule has 2 rings (SSSR count). The number of halogens is 1. The summed E-state index contributed by atoms with van der Waals surface area (Å²) in [6.07, 6.45) is 1.71. The molecular formula is C10H14BrNOS. The fourth-order valence-electron chi connectivity index (χ4n) is 1.47. The van der Waals surface area contributed by atoms with Gasteiger partial charge in [0.25, 0.3) is 0 Å². The Morgan fingerprint density at radius 1 is 1.71 bits per heavy atom. The first-order valence-corrected chi connectivity index (χ1v) is 6.46. The van der Waals surface area contributed by atoms with E-state index in [0.717, 1.165) is 16.8 Å². The van der Waals surface area contributed by atoms with E-state index in [0.29, 0.717) is 10.8 Å². The highest BCUT2D eigenvalue weighted by molar-refractivity contribution is 9.10. The molecule has 4 heteroatoms. The van der Waals surface area contributed by atoms with Gasteiger partial charge in [0.2, 0.25) is 0 Å². The largest absolute Gasteiger partial charge is 0.467 e. The monoisotopic (exact) mass is 275 g/mol. The van der Waals surface area contributed by atoms with E-state index in [-0.39, 0.29) is 0 Å². The third kappa shape index (κ3) is 2.02. The molecule has 1 aliphatic heterocycles. The van der Waals surface area contributed by atoms with E-state index in [1.54, 1.807) is 6.26 Å². The van der Waals surface area contributed by atoms with Crippen LogP contribution < -0.4 is 5.32 Å². The Morgan fingerprint density at radius 2 is 2.50 bits per heavy atom. The zero-order valence-corrected chi connectivity index (χ0v) is 10.7. The zero-order chi connectivity index (χ0) is 10.2. The Labute approximate surface area is 97.0 Å². The van der Waals surface area contributed by atoms with Gasteiger partial charge in [0.05, 0.1) is 17.3 Å². The van der Waals surface area contributed by atoms with Crippen molar-refractivity contribution >= 4 is 27.7 Å². The van der Waals surface area contributed by atoms with Crippen molar-refractivity contribution in [2.45, 2.75) is 31.2 Å². The van der Waals surface area contributed by atoms with Crippen LogP contribution in [0.1, 0.15) is 19.6 Å². The average molecular weight is 276 g/mol. The second-order valence-electron chi connectivity index (χ2n) is 4.04. The minimum absolute atomic E-state index is 0.374. The predicted molar refractivity (Wildman–Crippen MR) is 63.6 cm³/mol. The molecule has 1 aromatic heterocycles. The summed E-state index contributed by atoms with van der Waals surface area (Å²) >= 11 is 5.45. The van der Waals surface area contributed by atoms with Crippen molar-refractivity contribution in [1.82, 2.24) is 5.32 Å². The third-order valence-electron chi connectivity index (χ3n) is 2.66. The molecule has 2 heterocycles. The molecule has 0 bridgehead atoms. The predicted octanol–water partition coefficient (Wildman–Crippen LogP) is 3.03. The standard InChI is InChI=1S/C10H14BrNOS/c1-10(2)9(6-14-10)12-5-8-7(11)3-4-13-8/h3-4,9,12H,5-6H2,1-2H3. The summed E-state index contributed by atoms with van der Waals surface area (Å²) in [5.74, 6) is 2.18. The summed E-state index contributed by atoms with van der Waals surface area (Å²) in [7, 11) is 0. The van der Waals surface area contributed by atoms with Crippen LogP contribution in [0.25, 0.3) is 0 Å². The number of hydrogen-bond acceptors (Lipinski definition) is 3. The highest BCUT2D eigenvalue weighted by atomic mass is 79.9. The van der Waals surface area contributed by atoms with Crippen molar-refractivity contribution in [3.8, 4) is 0 Å². The second-order valence-corrected chi connectivity index (χ2v) is 6.57. The number of nitrogens with one attached hydrogen (secondary N) is 1. The molecule has 0 spiro atoms. The van der Waals surface area contributed by atoms with Gasteiger partial charge in [-0.2, -0.15) is 11.8 Å². The van der Waals surface area contributed by atoms with Gasteiger partial charge in [0, 0.05) is 16.5 Å². The van der Waals surface area contributed by atoms with E-state index < -0.39 is 0 Å². The van der Waals surface area contributed by atoms with Crippen molar-refractivity contribution in [3.05, 3.63) is 22.6 Å². The summed E-state index contributed by atoms with van der Waals surface area (Å²) < 4.78 is 6.76. The maximum absolute atomic E-state index is 5.34. The molecule has 1 aromatic rings. The fourth-order valence-corrected chi connectivity index (χ4v) is 3.01. The van der Waals surface area contributed by atoms with Gasteiger partial charge >= 0.3 is 0 Å². The number of rotatable bonds is 3. The van der Waals surface area contributed by atoms with E-state index >= 15 is 0 Å². The van der Waals surface area contributed by atoms with Crippen LogP contribution in [0.2, 0.25) is 0 Å². The second kappa shape index (κ2) is 3.91. The van der Waals surface area contributed by atoms with Gasteiger partial charge in [0.1, 0.15) is 5.76 Å². The van der Waals surface area contributed by atoms with Gasteiger partial charge in [-0.1, -0.05) is 0 Å². The van der Waals surface area contributed by atoms with Gasteiger partial charge in [-0.3, -0.25) is 0 Å². The Bertz CT molecular complexity index is 324. The molecule has 0 aliphatic carbocycles. The van der Waals surface area contributed by atoms with Gasteiger partial charge in [-0.15, -0.1) is 0 Å². The molecule has 1 fully saturated rings. The third-order valence-corrected chi connectivity index (χ3v) is 4.90. The summed E-state index contributed by atoms with van der Waals surface area (Å²) in [5, 5.41) is 3.51. The van der Waals surface area contributed by atoms with E-state index in [4.69, 9.17) is 4.42 Å². The molecule has 2 nitrogen and oxygen atoms in total. The van der Waals surface area contributed by atoms with E-state index in [9.17, 15) is 0 Å². The molecule has 1 aliphatic rings. The van der Waals surface area contributed by atoms with Crippen LogP contribution in [0.3, 0.4) is 0 Å². The van der Waals surface area contributed by atoms with E-state index in [2.05, 4.69) is 35.1 Å². The summed E-state index contributed by atoms with van der Waals surface area (Å²) in [6, 6.07) is 2.53. The van der Waals surface area contributed by atoms with E-state index in [1.165, 1.54) is 5.75 Å². The quantitative estimate of drug-likeness (QED) is 0.918. The number of furan rings is 1. The van der Waals surface area contributed by atoms with Gasteiger partial charge in [-0.25, -0.2) is 0 Å². The van der Waals surface area contributed by atoms with Crippen LogP contribution >= 0.6 is 27.7 Å². The Hall–Kier alpha value is 0.0700. The smallest absolute Gasteiger partial charge is 0.131 e. The van der Waals surface area contributed by atoms with Crippen molar-refractivity contribution < 1.29 is 4.42 Å². The summed E-state index contributed by atoms with van der Waals surface area (Å²) in [5.41, 5.74) is 0. The normalized spacial score (nSPS) is 24.6. The number of hydrogen-bond donors (Lipinski definition) is 1. The molecule has 1 unspecified atom stereocenters. The van der Waals surface area contributed by atoms with Crippen molar-refractivity contribution in [3.63, 3.8) is 0 Å². The Kier molecular flexibility index (Phi) is 2.96. The maximum atomic E-state index is 5.34. The lowest BCUT2D eigenvalue weighted by atomic mass is 10.0. The molecule has 0 saturated carbocycles. The Balaban J connectivity index is 1.87. The highest BCUT2D eigenvalue weighted by Gasteiger charge is 2.38. The molecule has 0 radical (unpaired) electrons. The molecule has 14 heavy (non-hydrogen) atoms. The highest BCUT2D eigenvalue weighted by Crippen LogP contribution is 2.40. The lowest BCUT2D eigenvalue weighted by molar-refractivity contribution is 0.401. The van der Waals surface area contributed by atoms with Crippen LogP contribution in [0.5, 0.6) is 0 Å². The first-order valence-electron chi connectivity index (χ1n) is 4.69. The lowest BCUT2D eigenvalue weighted by Gasteiger charge is -2.44. The minimum Gasteiger partial charge on any atom is -0.467 e. The topological polar surface area (TPSA) is 25.2 Å². The molecular weight excluding hydrogens is 262 g/mol.